The van der Waals surface area contributed by atoms with Gasteiger partial charge in [0.15, 0.2) is 0 Å². The van der Waals surface area contributed by atoms with Crippen LogP contribution in [0.1, 0.15) is 43.0 Å². The first-order valence-electron chi connectivity index (χ1n) is 9.81. The van der Waals surface area contributed by atoms with E-state index in [-0.39, 0.29) is 5.41 Å². The summed E-state index contributed by atoms with van der Waals surface area (Å²) in [4.78, 5) is 6.12. The molecule has 142 valence electrons. The van der Waals surface area contributed by atoms with Gasteiger partial charge < -0.3 is 0 Å². The van der Waals surface area contributed by atoms with Gasteiger partial charge in [-0.25, -0.2) is 0 Å². The van der Waals surface area contributed by atoms with E-state index in [1.165, 1.54) is 48.3 Å². The molecule has 0 aliphatic heterocycles. The van der Waals surface area contributed by atoms with Crippen LogP contribution in [0.4, 0.5) is 0 Å². The lowest BCUT2D eigenvalue weighted by Crippen LogP contribution is -2.11. The van der Waals surface area contributed by atoms with E-state index in [2.05, 4.69) is 90.1 Å². The monoisotopic (exact) mass is 385 g/mol. The number of aryl methyl sites for hydroxylation is 3. The zero-order valence-corrected chi connectivity index (χ0v) is 18.4. The number of aromatic nitrogens is 1. The average molecular weight is 386 g/mol. The number of fused-ring (bicyclic) bond motifs is 1. The molecule has 0 aliphatic rings. The lowest BCUT2D eigenvalue weighted by Gasteiger charge is -2.20. The maximum Gasteiger partial charge on any atom is 0.0716 e. The van der Waals surface area contributed by atoms with Crippen molar-refractivity contribution < 1.29 is 0 Å². The topological polar surface area (TPSA) is 12.9 Å². The molecule has 2 heteroatoms. The molecule has 0 unspecified atom stereocenters. The molecule has 0 saturated heterocycles. The smallest absolute Gasteiger partial charge is 0.0716 e. The van der Waals surface area contributed by atoms with Crippen LogP contribution in [0.25, 0.3) is 31.8 Å². The van der Waals surface area contributed by atoms with Crippen molar-refractivity contribution in [2.75, 3.05) is 0 Å². The second kappa shape index (κ2) is 6.86. The van der Waals surface area contributed by atoms with E-state index in [4.69, 9.17) is 4.98 Å². The van der Waals surface area contributed by atoms with Crippen LogP contribution < -0.4 is 0 Å². The Kier molecular flexibility index (Phi) is 4.63. The first kappa shape index (κ1) is 18.9. The number of rotatable bonds is 2. The summed E-state index contributed by atoms with van der Waals surface area (Å²) in [6, 6.07) is 17.9. The van der Waals surface area contributed by atoms with Gasteiger partial charge in [-0.15, -0.1) is 11.3 Å². The second-order valence-corrected chi connectivity index (χ2v) is 9.91. The Morgan fingerprint density at radius 2 is 1.57 bits per heavy atom. The molecule has 4 aromatic rings. The standard InChI is InChI=1S/C26H27NS/c1-16-10-19(12-21(11-16)26(4,5)6)22-14-23-20(15-27-22)13-24(28-23)25-17(2)8-7-9-18(25)3/h7-15H,1-6H3. The number of hydrogen-bond donors (Lipinski definition) is 0. The highest BCUT2D eigenvalue weighted by molar-refractivity contribution is 7.22. The van der Waals surface area contributed by atoms with Gasteiger partial charge in [0.05, 0.1) is 5.69 Å². The fourth-order valence-corrected chi connectivity index (χ4v) is 5.03. The van der Waals surface area contributed by atoms with Crippen LogP contribution in [0.3, 0.4) is 0 Å². The third-order valence-corrected chi connectivity index (χ3v) is 6.48. The predicted octanol–water partition coefficient (Wildman–Crippen LogP) is 7.85. The Balaban J connectivity index is 1.83. The number of pyridine rings is 1. The van der Waals surface area contributed by atoms with Gasteiger partial charge >= 0.3 is 0 Å². The molecule has 0 N–H and O–H groups in total. The molecule has 2 aromatic carbocycles. The minimum atomic E-state index is 0.128. The van der Waals surface area contributed by atoms with Gasteiger partial charge in [0.2, 0.25) is 0 Å². The van der Waals surface area contributed by atoms with E-state index in [1.54, 1.807) is 0 Å². The molecule has 0 spiro atoms. The molecule has 2 heterocycles. The molecule has 1 nitrogen and oxygen atoms in total. The zero-order valence-electron chi connectivity index (χ0n) is 17.6. The molecule has 0 radical (unpaired) electrons. The first-order chi connectivity index (χ1) is 13.2. The van der Waals surface area contributed by atoms with Crippen LogP contribution in [0.15, 0.2) is 54.7 Å². The van der Waals surface area contributed by atoms with Crippen molar-refractivity contribution in [1.82, 2.24) is 4.98 Å². The number of benzene rings is 2. The average Bonchev–Trinajstić information content (AvgIpc) is 3.03. The lowest BCUT2D eigenvalue weighted by atomic mass is 9.85. The fourth-order valence-electron chi connectivity index (χ4n) is 3.78. The van der Waals surface area contributed by atoms with Crippen molar-refractivity contribution >= 4 is 21.4 Å². The van der Waals surface area contributed by atoms with Gasteiger partial charge in [-0.05, 0) is 72.7 Å². The van der Waals surface area contributed by atoms with E-state index in [9.17, 15) is 0 Å². The summed E-state index contributed by atoms with van der Waals surface area (Å²) < 4.78 is 1.29. The van der Waals surface area contributed by atoms with Gasteiger partial charge in [-0.2, -0.15) is 0 Å². The van der Waals surface area contributed by atoms with Gasteiger partial charge in [0.1, 0.15) is 0 Å². The summed E-state index contributed by atoms with van der Waals surface area (Å²) in [5.41, 5.74) is 9.03. The molecule has 0 aliphatic carbocycles. The van der Waals surface area contributed by atoms with Crippen LogP contribution >= 0.6 is 11.3 Å². The summed E-state index contributed by atoms with van der Waals surface area (Å²) in [5, 5.41) is 1.22. The molecule has 2 aromatic heterocycles. The minimum Gasteiger partial charge on any atom is -0.256 e. The van der Waals surface area contributed by atoms with E-state index >= 15 is 0 Å². The van der Waals surface area contributed by atoms with Crippen molar-refractivity contribution in [3.8, 4) is 21.7 Å². The zero-order chi connectivity index (χ0) is 20.1. The maximum absolute atomic E-state index is 4.80. The Labute approximate surface area is 172 Å². The Morgan fingerprint density at radius 1 is 0.857 bits per heavy atom. The summed E-state index contributed by atoms with van der Waals surface area (Å²) in [5.74, 6) is 0. The summed E-state index contributed by atoms with van der Waals surface area (Å²) in [6.07, 6.45) is 2.03. The number of hydrogen-bond acceptors (Lipinski definition) is 2. The lowest BCUT2D eigenvalue weighted by molar-refractivity contribution is 0.590. The Hall–Kier alpha value is -2.45. The molecule has 0 fully saturated rings. The molecule has 4 rings (SSSR count). The van der Waals surface area contributed by atoms with Crippen molar-refractivity contribution in [3.63, 3.8) is 0 Å². The van der Waals surface area contributed by atoms with Crippen molar-refractivity contribution in [1.29, 1.82) is 0 Å². The van der Waals surface area contributed by atoms with Crippen LogP contribution in [0, 0.1) is 20.8 Å². The second-order valence-electron chi connectivity index (χ2n) is 8.82. The highest BCUT2D eigenvalue weighted by Gasteiger charge is 2.16. The fraction of sp³-hybridized carbons (Fsp3) is 0.269. The number of nitrogens with zero attached hydrogens (tertiary/aromatic N) is 1. The molecular formula is C26H27NS. The molecule has 0 saturated carbocycles. The molecule has 0 atom stereocenters. The van der Waals surface area contributed by atoms with Gasteiger partial charge in [-0.1, -0.05) is 50.6 Å². The molecule has 0 amide bonds. The minimum absolute atomic E-state index is 0.128. The van der Waals surface area contributed by atoms with Crippen LogP contribution in [0.2, 0.25) is 0 Å². The van der Waals surface area contributed by atoms with Crippen molar-refractivity contribution in [2.45, 2.75) is 47.0 Å². The quantitative estimate of drug-likeness (QED) is 0.342. The largest absolute Gasteiger partial charge is 0.256 e. The van der Waals surface area contributed by atoms with Crippen LogP contribution in [-0.2, 0) is 5.41 Å². The number of thiophene rings is 1. The highest BCUT2D eigenvalue weighted by atomic mass is 32.1. The maximum atomic E-state index is 4.80. The summed E-state index contributed by atoms with van der Waals surface area (Å²) in [7, 11) is 0. The van der Waals surface area contributed by atoms with E-state index < -0.39 is 0 Å². The Morgan fingerprint density at radius 3 is 2.25 bits per heavy atom. The molecular weight excluding hydrogens is 358 g/mol. The predicted molar refractivity (Wildman–Crippen MR) is 123 cm³/mol. The summed E-state index contributed by atoms with van der Waals surface area (Å²) >= 11 is 1.86. The van der Waals surface area contributed by atoms with Crippen LogP contribution in [-0.4, -0.2) is 4.98 Å². The summed E-state index contributed by atoms with van der Waals surface area (Å²) in [6.45, 7) is 13.3. The van der Waals surface area contributed by atoms with Crippen molar-refractivity contribution in [2.24, 2.45) is 0 Å². The first-order valence-corrected chi connectivity index (χ1v) is 10.6. The third kappa shape index (κ3) is 3.49. The molecule has 0 bridgehead atoms. The van der Waals surface area contributed by atoms with E-state index in [0.717, 1.165) is 5.69 Å². The van der Waals surface area contributed by atoms with Gasteiger partial charge in [-0.3, -0.25) is 4.98 Å². The molecule has 28 heavy (non-hydrogen) atoms. The third-order valence-electron chi connectivity index (χ3n) is 5.37. The van der Waals surface area contributed by atoms with Gasteiger partial charge in [0, 0.05) is 26.7 Å². The SMILES string of the molecule is Cc1cc(-c2cc3sc(-c4c(C)cccc4C)cc3cn2)cc(C(C)(C)C)c1. The van der Waals surface area contributed by atoms with Crippen molar-refractivity contribution in [3.05, 3.63) is 77.0 Å². The normalized spacial score (nSPS) is 11.9. The Bertz CT molecular complexity index is 1150. The van der Waals surface area contributed by atoms with Crippen LogP contribution in [0.5, 0.6) is 0 Å². The van der Waals surface area contributed by atoms with E-state index in [1.807, 2.05) is 17.5 Å². The van der Waals surface area contributed by atoms with E-state index in [0.29, 0.717) is 0 Å². The highest BCUT2D eigenvalue weighted by Crippen LogP contribution is 2.38. The van der Waals surface area contributed by atoms with Gasteiger partial charge in [0.25, 0.3) is 0 Å².